The van der Waals surface area contributed by atoms with Gasteiger partial charge < -0.3 is 25.2 Å². The minimum Gasteiger partial charge on any atom is -0.484 e. The van der Waals surface area contributed by atoms with Crippen LogP contribution in [0.4, 0.5) is 4.39 Å². The standard InChI is InChI=1S/C22H25ClFN3O5S/c1-31-11-19-25-16(12-33-19)20(30)27-21-4-6-22(7-5-21,17(28)9-21)26-18(29)10-32-13-2-3-14(23)15(24)8-13/h2-3,8,12,17,28H,4-7,9-11H2,1H3,(H,26,29)(H,27,30)/t17-,21?,22?/m0/s1. The van der Waals surface area contributed by atoms with Gasteiger partial charge in [-0.05, 0) is 44.2 Å². The molecule has 3 aliphatic carbocycles. The number of benzene rings is 1. The van der Waals surface area contributed by atoms with Gasteiger partial charge in [-0.25, -0.2) is 9.37 Å². The zero-order valence-corrected chi connectivity index (χ0v) is 19.6. The Balaban J connectivity index is 1.33. The zero-order chi connectivity index (χ0) is 23.6. The summed E-state index contributed by atoms with van der Waals surface area (Å²) in [7, 11) is 1.57. The summed E-state index contributed by atoms with van der Waals surface area (Å²) in [5.41, 5.74) is -0.974. The molecule has 5 rings (SSSR count). The van der Waals surface area contributed by atoms with Crippen LogP contribution in [-0.4, -0.2) is 52.8 Å². The molecule has 0 spiro atoms. The number of nitrogens with one attached hydrogen (secondary N) is 2. The average molecular weight is 498 g/mol. The number of nitrogens with zero attached hydrogens (tertiary/aromatic N) is 1. The molecule has 0 unspecified atom stereocenters. The minimum absolute atomic E-state index is 0.0287. The third-order valence-electron chi connectivity index (χ3n) is 6.40. The monoisotopic (exact) mass is 497 g/mol. The fraction of sp³-hybridized carbons (Fsp3) is 0.500. The number of rotatable bonds is 8. The smallest absolute Gasteiger partial charge is 0.271 e. The summed E-state index contributed by atoms with van der Waals surface area (Å²) in [5, 5.41) is 19.2. The number of carbonyl (C=O) groups excluding carboxylic acids is 2. The number of amides is 2. The lowest BCUT2D eigenvalue weighted by Gasteiger charge is -2.56. The van der Waals surface area contributed by atoms with Crippen molar-refractivity contribution in [2.75, 3.05) is 13.7 Å². The second kappa shape index (κ2) is 9.54. The lowest BCUT2D eigenvalue weighted by molar-refractivity contribution is -0.132. The van der Waals surface area contributed by atoms with Gasteiger partial charge in [-0.3, -0.25) is 9.59 Å². The van der Waals surface area contributed by atoms with E-state index in [4.69, 9.17) is 21.1 Å². The van der Waals surface area contributed by atoms with Crippen LogP contribution in [0.25, 0.3) is 0 Å². The first-order chi connectivity index (χ1) is 15.7. The van der Waals surface area contributed by atoms with E-state index in [-0.39, 0.29) is 23.3 Å². The molecule has 2 aromatic rings. The molecule has 1 aromatic carbocycles. The van der Waals surface area contributed by atoms with Crippen molar-refractivity contribution in [2.45, 2.75) is 55.9 Å². The van der Waals surface area contributed by atoms with Crippen LogP contribution in [0.2, 0.25) is 5.02 Å². The maximum Gasteiger partial charge on any atom is 0.271 e. The molecule has 8 nitrogen and oxygen atoms in total. The van der Waals surface area contributed by atoms with Gasteiger partial charge in [0.25, 0.3) is 11.8 Å². The average Bonchev–Trinajstić information content (AvgIpc) is 3.25. The largest absolute Gasteiger partial charge is 0.484 e. The number of aliphatic hydroxyl groups excluding tert-OH is 1. The summed E-state index contributed by atoms with van der Waals surface area (Å²) in [6.45, 7) is 0.0335. The van der Waals surface area contributed by atoms with Gasteiger partial charge in [0.15, 0.2) is 6.61 Å². The molecule has 2 bridgehead atoms. The first-order valence-corrected chi connectivity index (χ1v) is 11.8. The van der Waals surface area contributed by atoms with Gasteiger partial charge in [-0.2, -0.15) is 0 Å². The van der Waals surface area contributed by atoms with Gasteiger partial charge in [-0.15, -0.1) is 11.3 Å². The van der Waals surface area contributed by atoms with E-state index in [0.29, 0.717) is 44.4 Å². The van der Waals surface area contributed by atoms with Gasteiger partial charge in [0.05, 0.1) is 23.3 Å². The van der Waals surface area contributed by atoms with Crippen LogP contribution < -0.4 is 15.4 Å². The second-order valence-electron chi connectivity index (χ2n) is 8.58. The molecule has 1 atom stereocenters. The summed E-state index contributed by atoms with van der Waals surface area (Å²) in [6.07, 6.45) is 1.78. The van der Waals surface area contributed by atoms with Crippen molar-refractivity contribution in [3.8, 4) is 5.75 Å². The summed E-state index contributed by atoms with van der Waals surface area (Å²) < 4.78 is 23.9. The van der Waals surface area contributed by atoms with Gasteiger partial charge in [0.1, 0.15) is 22.3 Å². The number of hydrogen-bond acceptors (Lipinski definition) is 7. The van der Waals surface area contributed by atoms with Crippen molar-refractivity contribution in [3.63, 3.8) is 0 Å². The molecule has 0 saturated heterocycles. The molecule has 178 valence electrons. The maximum absolute atomic E-state index is 13.5. The van der Waals surface area contributed by atoms with Crippen molar-refractivity contribution in [2.24, 2.45) is 0 Å². The van der Waals surface area contributed by atoms with Gasteiger partial charge in [0, 0.05) is 24.1 Å². The van der Waals surface area contributed by atoms with E-state index in [9.17, 15) is 19.1 Å². The Labute approximate surface area is 199 Å². The molecule has 3 fully saturated rings. The van der Waals surface area contributed by atoms with Crippen LogP contribution in [-0.2, 0) is 16.1 Å². The Kier molecular flexibility index (Phi) is 6.90. The highest BCUT2D eigenvalue weighted by molar-refractivity contribution is 7.09. The van der Waals surface area contributed by atoms with Crippen LogP contribution in [0.1, 0.15) is 47.6 Å². The van der Waals surface area contributed by atoms with Crippen LogP contribution in [0.3, 0.4) is 0 Å². The van der Waals surface area contributed by atoms with Crippen molar-refractivity contribution in [1.29, 1.82) is 0 Å². The fourth-order valence-corrected chi connectivity index (χ4v) is 5.46. The van der Waals surface area contributed by atoms with Crippen molar-refractivity contribution in [3.05, 3.63) is 45.1 Å². The molecule has 3 N–H and O–H groups in total. The number of carbonyl (C=O) groups is 2. The molecule has 33 heavy (non-hydrogen) atoms. The quantitative estimate of drug-likeness (QED) is 0.517. The predicted octanol–water partition coefficient (Wildman–Crippen LogP) is 2.82. The van der Waals surface area contributed by atoms with E-state index in [1.54, 1.807) is 12.5 Å². The summed E-state index contributed by atoms with van der Waals surface area (Å²) in [6, 6.07) is 3.94. The molecule has 3 aliphatic rings. The van der Waals surface area contributed by atoms with Crippen LogP contribution in [0.5, 0.6) is 5.75 Å². The van der Waals surface area contributed by atoms with E-state index < -0.39 is 28.9 Å². The fourth-order valence-electron chi connectivity index (χ4n) is 4.60. The Morgan fingerprint density at radius 2 is 2.06 bits per heavy atom. The number of ether oxygens (including phenoxy) is 2. The number of aromatic nitrogens is 1. The first kappa shape index (κ1) is 23.9. The molecule has 3 saturated carbocycles. The number of hydrogen-bond donors (Lipinski definition) is 3. The Bertz CT molecular complexity index is 1040. The van der Waals surface area contributed by atoms with E-state index in [2.05, 4.69) is 15.6 Å². The highest BCUT2D eigenvalue weighted by Gasteiger charge is 2.55. The van der Waals surface area contributed by atoms with Gasteiger partial charge >= 0.3 is 0 Å². The highest BCUT2D eigenvalue weighted by Crippen LogP contribution is 2.47. The highest BCUT2D eigenvalue weighted by atomic mass is 35.5. The van der Waals surface area contributed by atoms with E-state index in [0.717, 1.165) is 11.1 Å². The first-order valence-electron chi connectivity index (χ1n) is 10.6. The van der Waals surface area contributed by atoms with Crippen LogP contribution in [0.15, 0.2) is 23.6 Å². The Morgan fingerprint density at radius 1 is 1.30 bits per heavy atom. The van der Waals surface area contributed by atoms with Crippen molar-refractivity contribution >= 4 is 34.8 Å². The van der Waals surface area contributed by atoms with Gasteiger partial charge in [-0.1, -0.05) is 11.6 Å². The molecule has 0 aliphatic heterocycles. The molecule has 1 aromatic heterocycles. The number of methoxy groups -OCH3 is 1. The molecule has 2 amide bonds. The Hall–Kier alpha value is -2.27. The maximum atomic E-state index is 13.5. The lowest BCUT2D eigenvalue weighted by Crippen LogP contribution is -2.70. The molecular weight excluding hydrogens is 473 g/mol. The topological polar surface area (TPSA) is 110 Å². The molecular formula is C22H25ClFN3O5S. The van der Waals surface area contributed by atoms with Crippen molar-refractivity contribution in [1.82, 2.24) is 15.6 Å². The number of fused-ring (bicyclic) bond motifs is 3. The second-order valence-corrected chi connectivity index (χ2v) is 9.93. The predicted molar refractivity (Wildman–Crippen MR) is 120 cm³/mol. The van der Waals surface area contributed by atoms with E-state index >= 15 is 0 Å². The van der Waals surface area contributed by atoms with Crippen LogP contribution >= 0.6 is 22.9 Å². The lowest BCUT2D eigenvalue weighted by atomic mass is 9.60. The Morgan fingerprint density at radius 3 is 2.73 bits per heavy atom. The van der Waals surface area contributed by atoms with E-state index in [1.807, 2.05) is 0 Å². The number of halogens is 2. The third kappa shape index (κ3) is 5.13. The normalized spacial score (nSPS) is 26.1. The third-order valence-corrected chi connectivity index (χ3v) is 7.53. The summed E-state index contributed by atoms with van der Waals surface area (Å²) in [5.74, 6) is -1.12. The minimum atomic E-state index is -0.822. The molecule has 1 heterocycles. The zero-order valence-electron chi connectivity index (χ0n) is 18.0. The van der Waals surface area contributed by atoms with E-state index in [1.165, 1.54) is 23.5 Å². The van der Waals surface area contributed by atoms with Crippen LogP contribution in [0, 0.1) is 5.82 Å². The molecule has 0 radical (unpaired) electrons. The van der Waals surface area contributed by atoms with Crippen molar-refractivity contribution < 1.29 is 28.6 Å². The summed E-state index contributed by atoms with van der Waals surface area (Å²) in [4.78, 5) is 29.5. The summed E-state index contributed by atoms with van der Waals surface area (Å²) >= 11 is 7.01. The number of aliphatic hydroxyl groups is 1. The van der Waals surface area contributed by atoms with Gasteiger partial charge in [0.2, 0.25) is 0 Å². The SMILES string of the molecule is COCc1nc(C(=O)NC23CCC(NC(=O)COc4ccc(Cl)c(F)c4)(CC2)[C@@H](O)C3)cs1. The molecule has 11 heteroatoms. The number of thiazole rings is 1.